The predicted molar refractivity (Wildman–Crippen MR) is 74.0 cm³/mol. The topological polar surface area (TPSA) is 29.3 Å². The second-order valence-corrected chi connectivity index (χ2v) is 5.40. The van der Waals surface area contributed by atoms with Crippen LogP contribution in [-0.2, 0) is 6.42 Å². The quantitative estimate of drug-likeness (QED) is 0.764. The molecule has 0 amide bonds. The van der Waals surface area contributed by atoms with Gasteiger partial charge in [0.25, 0.3) is 0 Å². The van der Waals surface area contributed by atoms with E-state index in [9.17, 15) is 0 Å². The third-order valence-electron chi connectivity index (χ3n) is 3.78. The lowest BCUT2D eigenvalue weighted by Gasteiger charge is -2.30. The SMILES string of the molecule is CN(CCCc1ccc(N)cc1)CC1CCC1. The van der Waals surface area contributed by atoms with Crippen molar-refractivity contribution in [2.24, 2.45) is 5.92 Å². The fourth-order valence-electron chi connectivity index (χ4n) is 2.44. The van der Waals surface area contributed by atoms with Gasteiger partial charge in [-0.1, -0.05) is 18.6 Å². The fourth-order valence-corrected chi connectivity index (χ4v) is 2.44. The zero-order chi connectivity index (χ0) is 12.1. The van der Waals surface area contributed by atoms with Crippen molar-refractivity contribution in [3.8, 4) is 0 Å². The Morgan fingerprint density at radius 3 is 2.53 bits per heavy atom. The molecule has 1 saturated carbocycles. The van der Waals surface area contributed by atoms with Crippen molar-refractivity contribution in [2.45, 2.75) is 32.1 Å². The van der Waals surface area contributed by atoms with Crippen LogP contribution in [0.5, 0.6) is 0 Å². The molecular weight excluding hydrogens is 208 g/mol. The van der Waals surface area contributed by atoms with E-state index in [0.717, 1.165) is 18.0 Å². The molecule has 0 unspecified atom stereocenters. The maximum Gasteiger partial charge on any atom is 0.0314 e. The Kier molecular flexibility index (Phi) is 4.43. The van der Waals surface area contributed by atoms with Gasteiger partial charge < -0.3 is 10.6 Å². The summed E-state index contributed by atoms with van der Waals surface area (Å²) >= 11 is 0. The van der Waals surface area contributed by atoms with E-state index >= 15 is 0 Å². The van der Waals surface area contributed by atoms with Crippen molar-refractivity contribution in [2.75, 3.05) is 25.9 Å². The molecule has 0 atom stereocenters. The number of nitrogens with zero attached hydrogens (tertiary/aromatic N) is 1. The summed E-state index contributed by atoms with van der Waals surface area (Å²) in [5.41, 5.74) is 7.93. The monoisotopic (exact) mass is 232 g/mol. The van der Waals surface area contributed by atoms with Crippen LogP contribution in [0.1, 0.15) is 31.2 Å². The average molecular weight is 232 g/mol. The van der Waals surface area contributed by atoms with Crippen molar-refractivity contribution in [1.82, 2.24) is 4.90 Å². The number of rotatable bonds is 6. The van der Waals surface area contributed by atoms with Gasteiger partial charge in [0.15, 0.2) is 0 Å². The number of hydrogen-bond donors (Lipinski definition) is 1. The zero-order valence-electron chi connectivity index (χ0n) is 10.9. The first-order valence-corrected chi connectivity index (χ1v) is 6.77. The fraction of sp³-hybridized carbons (Fsp3) is 0.600. The molecule has 2 nitrogen and oxygen atoms in total. The van der Waals surface area contributed by atoms with E-state index in [1.807, 2.05) is 12.1 Å². The molecular formula is C15H24N2. The lowest BCUT2D eigenvalue weighted by molar-refractivity contribution is 0.204. The molecule has 94 valence electrons. The molecule has 1 aromatic rings. The van der Waals surface area contributed by atoms with Crippen LogP contribution < -0.4 is 5.73 Å². The first kappa shape index (κ1) is 12.4. The van der Waals surface area contributed by atoms with E-state index < -0.39 is 0 Å². The van der Waals surface area contributed by atoms with E-state index in [-0.39, 0.29) is 0 Å². The third-order valence-corrected chi connectivity index (χ3v) is 3.78. The highest BCUT2D eigenvalue weighted by Crippen LogP contribution is 2.26. The van der Waals surface area contributed by atoms with Crippen LogP contribution in [0.4, 0.5) is 5.69 Å². The first-order valence-electron chi connectivity index (χ1n) is 6.77. The van der Waals surface area contributed by atoms with E-state index in [2.05, 4.69) is 24.1 Å². The predicted octanol–water partition coefficient (Wildman–Crippen LogP) is 2.93. The maximum absolute atomic E-state index is 5.67. The molecule has 0 aromatic heterocycles. The van der Waals surface area contributed by atoms with Crippen molar-refractivity contribution in [3.63, 3.8) is 0 Å². The van der Waals surface area contributed by atoms with Gasteiger partial charge in [0, 0.05) is 12.2 Å². The van der Waals surface area contributed by atoms with Gasteiger partial charge in [0.2, 0.25) is 0 Å². The molecule has 2 rings (SSSR count). The van der Waals surface area contributed by atoms with E-state index in [0.29, 0.717) is 0 Å². The number of benzene rings is 1. The van der Waals surface area contributed by atoms with Gasteiger partial charge in [-0.3, -0.25) is 0 Å². The summed E-state index contributed by atoms with van der Waals surface area (Å²) in [6, 6.07) is 8.27. The van der Waals surface area contributed by atoms with Crippen LogP contribution in [0.25, 0.3) is 0 Å². The third kappa shape index (κ3) is 4.04. The Hall–Kier alpha value is -1.02. The standard InChI is InChI=1S/C15H24N2/c1-17(12-14-4-2-5-14)11-3-6-13-7-9-15(16)10-8-13/h7-10,14H,2-6,11-12,16H2,1H3. The molecule has 1 aliphatic rings. The molecule has 0 radical (unpaired) electrons. The smallest absolute Gasteiger partial charge is 0.0314 e. The molecule has 2 heteroatoms. The highest BCUT2D eigenvalue weighted by atomic mass is 15.1. The Morgan fingerprint density at radius 2 is 1.94 bits per heavy atom. The molecule has 1 aliphatic carbocycles. The average Bonchev–Trinajstić information content (AvgIpc) is 2.26. The molecule has 0 aliphatic heterocycles. The van der Waals surface area contributed by atoms with Gasteiger partial charge in [-0.2, -0.15) is 0 Å². The van der Waals surface area contributed by atoms with Gasteiger partial charge in [-0.05, 0) is 62.9 Å². The molecule has 0 heterocycles. The van der Waals surface area contributed by atoms with Gasteiger partial charge in [0.1, 0.15) is 0 Å². The molecule has 1 fully saturated rings. The molecule has 0 bridgehead atoms. The minimum atomic E-state index is 0.857. The van der Waals surface area contributed by atoms with Crippen molar-refractivity contribution < 1.29 is 0 Å². The maximum atomic E-state index is 5.67. The molecule has 2 N–H and O–H groups in total. The number of aryl methyl sites for hydroxylation is 1. The molecule has 0 spiro atoms. The first-order chi connectivity index (χ1) is 8.24. The minimum absolute atomic E-state index is 0.857. The number of hydrogen-bond acceptors (Lipinski definition) is 2. The summed E-state index contributed by atoms with van der Waals surface area (Å²) in [5, 5.41) is 0. The van der Waals surface area contributed by atoms with Crippen molar-refractivity contribution in [3.05, 3.63) is 29.8 Å². The lowest BCUT2D eigenvalue weighted by Crippen LogP contribution is -2.30. The van der Waals surface area contributed by atoms with Crippen LogP contribution >= 0.6 is 0 Å². The van der Waals surface area contributed by atoms with E-state index in [1.165, 1.54) is 44.3 Å². The summed E-state index contributed by atoms with van der Waals surface area (Å²) in [4.78, 5) is 2.49. The highest BCUT2D eigenvalue weighted by Gasteiger charge is 2.18. The molecule has 1 aromatic carbocycles. The second-order valence-electron chi connectivity index (χ2n) is 5.40. The van der Waals surface area contributed by atoms with Gasteiger partial charge >= 0.3 is 0 Å². The van der Waals surface area contributed by atoms with Gasteiger partial charge in [-0.25, -0.2) is 0 Å². The Morgan fingerprint density at radius 1 is 1.24 bits per heavy atom. The van der Waals surface area contributed by atoms with Gasteiger partial charge in [-0.15, -0.1) is 0 Å². The second kappa shape index (κ2) is 6.06. The summed E-state index contributed by atoms with van der Waals surface area (Å²) in [7, 11) is 2.25. The Balaban J connectivity index is 1.62. The number of anilines is 1. The normalized spacial score (nSPS) is 16.1. The summed E-state index contributed by atoms with van der Waals surface area (Å²) in [5.74, 6) is 0.983. The largest absolute Gasteiger partial charge is 0.399 e. The Bertz CT molecular complexity index is 327. The summed E-state index contributed by atoms with van der Waals surface area (Å²) in [6.45, 7) is 2.50. The molecule has 17 heavy (non-hydrogen) atoms. The highest BCUT2D eigenvalue weighted by molar-refractivity contribution is 5.39. The van der Waals surface area contributed by atoms with Crippen molar-refractivity contribution in [1.29, 1.82) is 0 Å². The van der Waals surface area contributed by atoms with Gasteiger partial charge in [0.05, 0.1) is 0 Å². The van der Waals surface area contributed by atoms with Crippen LogP contribution in [0.15, 0.2) is 24.3 Å². The van der Waals surface area contributed by atoms with Crippen LogP contribution in [0.3, 0.4) is 0 Å². The summed E-state index contributed by atoms with van der Waals surface area (Å²) < 4.78 is 0. The summed E-state index contributed by atoms with van der Waals surface area (Å²) in [6.07, 6.45) is 6.75. The van der Waals surface area contributed by atoms with Crippen LogP contribution in [0, 0.1) is 5.92 Å². The Labute approximate surface area is 105 Å². The van der Waals surface area contributed by atoms with Crippen molar-refractivity contribution >= 4 is 5.69 Å². The molecule has 0 saturated heterocycles. The van der Waals surface area contributed by atoms with E-state index in [4.69, 9.17) is 5.73 Å². The minimum Gasteiger partial charge on any atom is -0.399 e. The number of nitrogens with two attached hydrogens (primary N) is 1. The van der Waals surface area contributed by atoms with E-state index in [1.54, 1.807) is 0 Å². The lowest BCUT2D eigenvalue weighted by atomic mass is 9.85. The zero-order valence-corrected chi connectivity index (χ0v) is 10.9. The van der Waals surface area contributed by atoms with Crippen LogP contribution in [0.2, 0.25) is 0 Å². The number of nitrogen functional groups attached to an aromatic ring is 1. The van der Waals surface area contributed by atoms with Crippen LogP contribution in [-0.4, -0.2) is 25.0 Å².